The van der Waals surface area contributed by atoms with Crippen molar-refractivity contribution >= 4 is 22.4 Å². The van der Waals surface area contributed by atoms with Crippen molar-refractivity contribution in [2.24, 2.45) is 0 Å². The van der Waals surface area contributed by atoms with Gasteiger partial charge in [0.15, 0.2) is 0 Å². The number of rotatable bonds is 5. The van der Waals surface area contributed by atoms with Gasteiger partial charge >= 0.3 is 5.63 Å². The smallest absolute Gasteiger partial charge is 0.343 e. The van der Waals surface area contributed by atoms with Crippen LogP contribution in [-0.4, -0.2) is 12.5 Å². The predicted molar refractivity (Wildman–Crippen MR) is 100 cm³/mol. The Labute approximate surface area is 146 Å². The lowest BCUT2D eigenvalue weighted by molar-refractivity contribution is 0.0986. The van der Waals surface area contributed by atoms with E-state index in [0.29, 0.717) is 22.9 Å². The zero-order valence-electron chi connectivity index (χ0n) is 14.5. The second kappa shape index (κ2) is 7.34. The molecule has 25 heavy (non-hydrogen) atoms. The fourth-order valence-corrected chi connectivity index (χ4v) is 2.93. The SMILES string of the molecule is CCCN(C(=O)c1coc(=O)c2ccccc12)c1ccc(CC)cc1. The number of benzene rings is 2. The minimum Gasteiger partial charge on any atom is -0.430 e. The molecule has 0 spiro atoms. The van der Waals surface area contributed by atoms with E-state index in [4.69, 9.17) is 4.42 Å². The summed E-state index contributed by atoms with van der Waals surface area (Å²) in [4.78, 5) is 26.8. The van der Waals surface area contributed by atoms with Gasteiger partial charge in [0.1, 0.15) is 6.26 Å². The molecule has 0 atom stereocenters. The van der Waals surface area contributed by atoms with Crippen LogP contribution in [0.2, 0.25) is 0 Å². The summed E-state index contributed by atoms with van der Waals surface area (Å²) < 4.78 is 5.09. The van der Waals surface area contributed by atoms with E-state index in [1.165, 1.54) is 11.8 Å². The highest BCUT2D eigenvalue weighted by atomic mass is 16.4. The van der Waals surface area contributed by atoms with E-state index >= 15 is 0 Å². The van der Waals surface area contributed by atoms with Gasteiger partial charge < -0.3 is 9.32 Å². The lowest BCUT2D eigenvalue weighted by Gasteiger charge is -2.23. The molecular weight excluding hydrogens is 314 g/mol. The van der Waals surface area contributed by atoms with Crippen LogP contribution in [0.25, 0.3) is 10.8 Å². The predicted octanol–water partition coefficient (Wildman–Crippen LogP) is 4.41. The highest BCUT2D eigenvalue weighted by Gasteiger charge is 2.21. The standard InChI is InChI=1S/C21H21NO3/c1-3-13-22(16-11-9-15(4-2)10-12-16)20(23)19-14-25-21(24)18-8-6-5-7-17(18)19/h5-12,14H,3-4,13H2,1-2H3. The van der Waals surface area contributed by atoms with Crippen molar-refractivity contribution in [1.29, 1.82) is 0 Å². The molecular formula is C21H21NO3. The molecule has 0 unspecified atom stereocenters. The molecule has 3 rings (SSSR count). The van der Waals surface area contributed by atoms with Crippen LogP contribution in [0.5, 0.6) is 0 Å². The third-order valence-electron chi connectivity index (χ3n) is 4.30. The molecule has 3 aromatic rings. The highest BCUT2D eigenvalue weighted by molar-refractivity contribution is 6.13. The average Bonchev–Trinajstić information content (AvgIpc) is 2.66. The van der Waals surface area contributed by atoms with Gasteiger partial charge in [0.05, 0.1) is 10.9 Å². The fraction of sp³-hybridized carbons (Fsp3) is 0.238. The van der Waals surface area contributed by atoms with Gasteiger partial charge in [0.25, 0.3) is 5.91 Å². The van der Waals surface area contributed by atoms with Crippen LogP contribution in [0.3, 0.4) is 0 Å². The summed E-state index contributed by atoms with van der Waals surface area (Å²) in [7, 11) is 0. The van der Waals surface area contributed by atoms with Crippen molar-refractivity contribution in [1.82, 2.24) is 0 Å². The molecule has 0 aliphatic rings. The second-order valence-electron chi connectivity index (χ2n) is 5.96. The molecule has 2 aromatic carbocycles. The molecule has 0 fully saturated rings. The number of carbonyl (C=O) groups excluding carboxylic acids is 1. The minimum atomic E-state index is -0.429. The van der Waals surface area contributed by atoms with E-state index in [-0.39, 0.29) is 5.91 Å². The van der Waals surface area contributed by atoms with Gasteiger partial charge in [-0.25, -0.2) is 4.79 Å². The largest absolute Gasteiger partial charge is 0.430 e. The topological polar surface area (TPSA) is 50.5 Å². The molecule has 0 aliphatic carbocycles. The normalized spacial score (nSPS) is 10.8. The molecule has 4 heteroatoms. The zero-order valence-corrected chi connectivity index (χ0v) is 14.5. The Balaban J connectivity index is 2.07. The number of fused-ring (bicyclic) bond motifs is 1. The van der Waals surface area contributed by atoms with Crippen molar-refractivity contribution in [2.75, 3.05) is 11.4 Å². The quantitative estimate of drug-likeness (QED) is 0.694. The summed E-state index contributed by atoms with van der Waals surface area (Å²) >= 11 is 0. The first-order chi connectivity index (χ1) is 12.2. The molecule has 0 saturated carbocycles. The van der Waals surface area contributed by atoms with Gasteiger partial charge in [-0.1, -0.05) is 44.2 Å². The van der Waals surface area contributed by atoms with Crippen LogP contribution >= 0.6 is 0 Å². The van der Waals surface area contributed by atoms with Gasteiger partial charge in [0.2, 0.25) is 0 Å². The van der Waals surface area contributed by atoms with Crippen LogP contribution in [-0.2, 0) is 6.42 Å². The monoisotopic (exact) mass is 335 g/mol. The number of amides is 1. The molecule has 0 N–H and O–H groups in total. The maximum atomic E-state index is 13.2. The molecule has 4 nitrogen and oxygen atoms in total. The fourth-order valence-electron chi connectivity index (χ4n) is 2.93. The van der Waals surface area contributed by atoms with Crippen molar-refractivity contribution in [3.05, 3.63) is 76.3 Å². The Morgan fingerprint density at radius 2 is 1.68 bits per heavy atom. The van der Waals surface area contributed by atoms with Crippen LogP contribution in [0, 0.1) is 0 Å². The molecule has 0 radical (unpaired) electrons. The average molecular weight is 335 g/mol. The zero-order chi connectivity index (χ0) is 17.8. The van der Waals surface area contributed by atoms with E-state index in [1.54, 1.807) is 23.1 Å². The van der Waals surface area contributed by atoms with Crippen LogP contribution in [0.1, 0.15) is 36.2 Å². The Morgan fingerprint density at radius 1 is 1.00 bits per heavy atom. The van der Waals surface area contributed by atoms with Crippen molar-refractivity contribution in [3.8, 4) is 0 Å². The number of nitrogens with zero attached hydrogens (tertiary/aromatic N) is 1. The Kier molecular flexibility index (Phi) is 4.98. The first kappa shape index (κ1) is 17.0. The maximum Gasteiger partial charge on any atom is 0.343 e. The first-order valence-electron chi connectivity index (χ1n) is 8.57. The Bertz CT molecular complexity index is 941. The van der Waals surface area contributed by atoms with Crippen molar-refractivity contribution in [2.45, 2.75) is 26.7 Å². The molecule has 0 bridgehead atoms. The minimum absolute atomic E-state index is 0.161. The van der Waals surface area contributed by atoms with E-state index in [2.05, 4.69) is 6.92 Å². The van der Waals surface area contributed by atoms with Gasteiger partial charge in [-0.05, 0) is 36.6 Å². The molecule has 0 saturated heterocycles. The summed E-state index contributed by atoms with van der Waals surface area (Å²) in [6.07, 6.45) is 3.06. The van der Waals surface area contributed by atoms with E-state index in [1.807, 2.05) is 37.3 Å². The number of hydrogen-bond donors (Lipinski definition) is 0. The van der Waals surface area contributed by atoms with Crippen LogP contribution in [0.15, 0.2) is 64.0 Å². The Hall–Kier alpha value is -2.88. The molecule has 1 amide bonds. The summed E-state index contributed by atoms with van der Waals surface area (Å²) in [5.41, 5.74) is 2.05. The second-order valence-corrected chi connectivity index (χ2v) is 5.96. The summed E-state index contributed by atoms with van der Waals surface area (Å²) in [5, 5.41) is 1.04. The lowest BCUT2D eigenvalue weighted by Crippen LogP contribution is -2.32. The molecule has 1 heterocycles. The number of aryl methyl sites for hydroxylation is 1. The summed E-state index contributed by atoms with van der Waals surface area (Å²) in [6, 6.07) is 15.0. The number of carbonyl (C=O) groups is 1. The number of anilines is 1. The van der Waals surface area contributed by atoms with E-state index in [0.717, 1.165) is 18.5 Å². The highest BCUT2D eigenvalue weighted by Crippen LogP contribution is 2.22. The molecule has 1 aromatic heterocycles. The Morgan fingerprint density at radius 3 is 2.32 bits per heavy atom. The van der Waals surface area contributed by atoms with Crippen molar-refractivity contribution in [3.63, 3.8) is 0 Å². The first-order valence-corrected chi connectivity index (χ1v) is 8.57. The lowest BCUT2D eigenvalue weighted by atomic mass is 10.1. The number of hydrogen-bond acceptors (Lipinski definition) is 3. The molecule has 0 aliphatic heterocycles. The van der Waals surface area contributed by atoms with Gasteiger partial charge in [-0.2, -0.15) is 0 Å². The van der Waals surface area contributed by atoms with Crippen molar-refractivity contribution < 1.29 is 9.21 Å². The van der Waals surface area contributed by atoms with Gasteiger partial charge in [0, 0.05) is 17.6 Å². The summed E-state index contributed by atoms with van der Waals surface area (Å²) in [5.74, 6) is -0.161. The van der Waals surface area contributed by atoms with E-state index in [9.17, 15) is 9.59 Å². The molecule has 128 valence electrons. The third kappa shape index (κ3) is 3.33. The van der Waals surface area contributed by atoms with Gasteiger partial charge in [-0.15, -0.1) is 0 Å². The van der Waals surface area contributed by atoms with E-state index < -0.39 is 5.63 Å². The summed E-state index contributed by atoms with van der Waals surface area (Å²) in [6.45, 7) is 4.73. The maximum absolute atomic E-state index is 13.2. The third-order valence-corrected chi connectivity index (χ3v) is 4.30. The van der Waals surface area contributed by atoms with Crippen LogP contribution < -0.4 is 10.5 Å². The van der Waals surface area contributed by atoms with Crippen LogP contribution in [0.4, 0.5) is 5.69 Å². The van der Waals surface area contributed by atoms with Gasteiger partial charge in [-0.3, -0.25) is 4.79 Å².